The number of hydrogen-bond donors (Lipinski definition) is 1. The largest absolute Gasteiger partial charge is 0.360 e. The molecule has 3 rings (SSSR count). The van der Waals surface area contributed by atoms with Crippen LogP contribution in [0.4, 0.5) is 0 Å². The number of Topliss-reactive ketones (excluding diaryl/α,β-unsaturated/α-hetero) is 1. The van der Waals surface area contributed by atoms with Crippen molar-refractivity contribution in [3.8, 4) is 0 Å². The zero-order chi connectivity index (χ0) is 17.5. The summed E-state index contributed by atoms with van der Waals surface area (Å²) < 4.78 is 0. The zero-order valence-corrected chi connectivity index (χ0v) is 15.7. The Kier molecular flexibility index (Phi) is 6.56. The molecule has 2 aromatic heterocycles. The van der Waals surface area contributed by atoms with Gasteiger partial charge in [-0.3, -0.25) is 4.79 Å². The maximum Gasteiger partial charge on any atom is 0.190 e. The van der Waals surface area contributed by atoms with Gasteiger partial charge in [0, 0.05) is 27.5 Å². The van der Waals surface area contributed by atoms with Gasteiger partial charge in [0.15, 0.2) is 5.78 Å². The van der Waals surface area contributed by atoms with Crippen LogP contribution in [0.5, 0.6) is 0 Å². The lowest BCUT2D eigenvalue weighted by atomic mass is 10.0. The fourth-order valence-corrected chi connectivity index (χ4v) is 3.00. The van der Waals surface area contributed by atoms with Gasteiger partial charge in [0.25, 0.3) is 0 Å². The number of carbonyl (C=O) groups is 1. The average Bonchev–Trinajstić information content (AvgIpc) is 3.21. The molecule has 0 saturated heterocycles. The van der Waals surface area contributed by atoms with Gasteiger partial charge in [-0.2, -0.15) is 0 Å². The predicted molar refractivity (Wildman–Crippen MR) is 106 cm³/mol. The second kappa shape index (κ2) is 8.65. The van der Waals surface area contributed by atoms with Crippen LogP contribution >= 0.6 is 11.3 Å². The van der Waals surface area contributed by atoms with E-state index in [1.807, 2.05) is 48.7 Å². The van der Waals surface area contributed by atoms with Crippen LogP contribution in [0.1, 0.15) is 54.4 Å². The van der Waals surface area contributed by atoms with Crippen LogP contribution in [-0.4, -0.2) is 10.8 Å². The van der Waals surface area contributed by atoms with Gasteiger partial charge in [0.05, 0.1) is 0 Å². The summed E-state index contributed by atoms with van der Waals surface area (Å²) in [5.74, 6) is 0.0769. The lowest BCUT2D eigenvalue weighted by molar-refractivity contribution is 0.103. The standard InChI is InChI=1S/C17H15NOS.C4H10/c1-11(9-13-7-8-20-12(13)2)17(19)15-10-18-16-6-4-3-5-14(15)16;1-3-4-2/h3-10,18H,1-2H3;3-4H2,1-2H3/b11-9+;. The van der Waals surface area contributed by atoms with Crippen LogP contribution in [0.25, 0.3) is 17.0 Å². The fourth-order valence-electron chi connectivity index (χ4n) is 2.32. The van der Waals surface area contributed by atoms with Crippen molar-refractivity contribution in [2.45, 2.75) is 40.5 Å². The lowest BCUT2D eigenvalue weighted by Gasteiger charge is -2.00. The number of hydrogen-bond acceptors (Lipinski definition) is 2. The number of fused-ring (bicyclic) bond motifs is 1. The SMILES string of the molecule is C/C(=C\c1ccsc1C)C(=O)c1c[nH]c2ccccc12.CCCC. The van der Waals surface area contributed by atoms with Crippen LogP contribution in [0, 0.1) is 6.92 Å². The minimum Gasteiger partial charge on any atom is -0.360 e. The van der Waals surface area contributed by atoms with Gasteiger partial charge >= 0.3 is 0 Å². The Morgan fingerprint density at radius 2 is 1.88 bits per heavy atom. The first-order valence-corrected chi connectivity index (χ1v) is 9.29. The summed E-state index contributed by atoms with van der Waals surface area (Å²) in [5.41, 5.74) is 3.62. The molecule has 3 aromatic rings. The summed E-state index contributed by atoms with van der Waals surface area (Å²) in [5, 5.41) is 3.03. The molecule has 0 atom stereocenters. The van der Waals surface area contributed by atoms with E-state index in [1.54, 1.807) is 17.5 Å². The van der Waals surface area contributed by atoms with E-state index in [0.717, 1.165) is 27.6 Å². The van der Waals surface area contributed by atoms with E-state index in [1.165, 1.54) is 17.7 Å². The molecule has 0 saturated carbocycles. The number of rotatable bonds is 4. The quantitative estimate of drug-likeness (QED) is 0.420. The van der Waals surface area contributed by atoms with Gasteiger partial charge in [-0.05, 0) is 48.6 Å². The number of H-pyrrole nitrogens is 1. The summed E-state index contributed by atoms with van der Waals surface area (Å²) >= 11 is 1.70. The highest BCUT2D eigenvalue weighted by molar-refractivity contribution is 7.10. The van der Waals surface area contributed by atoms with Crippen molar-refractivity contribution in [3.63, 3.8) is 0 Å². The van der Waals surface area contributed by atoms with E-state index in [0.29, 0.717) is 0 Å². The Balaban J connectivity index is 0.000000471. The normalized spacial score (nSPS) is 11.2. The molecule has 3 heteroatoms. The Labute approximate surface area is 148 Å². The molecule has 1 N–H and O–H groups in total. The van der Waals surface area contributed by atoms with Crippen molar-refractivity contribution in [3.05, 3.63) is 63.5 Å². The first-order chi connectivity index (χ1) is 11.6. The number of unbranched alkanes of at least 4 members (excludes halogenated alkanes) is 1. The van der Waals surface area contributed by atoms with Gasteiger partial charge in [-0.25, -0.2) is 0 Å². The molecule has 0 spiro atoms. The minimum atomic E-state index is 0.0769. The van der Waals surface area contributed by atoms with Crippen LogP contribution in [0.15, 0.2) is 47.5 Å². The molecule has 0 aliphatic carbocycles. The second-order valence-corrected chi connectivity index (χ2v) is 6.96. The average molecular weight is 340 g/mol. The third-order valence-corrected chi connectivity index (χ3v) is 4.82. The number of thiophene rings is 1. The van der Waals surface area contributed by atoms with Crippen LogP contribution in [0.3, 0.4) is 0 Å². The molecule has 0 fully saturated rings. The molecular weight excluding hydrogens is 314 g/mol. The van der Waals surface area contributed by atoms with Gasteiger partial charge in [-0.1, -0.05) is 44.9 Å². The van der Waals surface area contributed by atoms with Crippen LogP contribution in [-0.2, 0) is 0 Å². The highest BCUT2D eigenvalue weighted by Crippen LogP contribution is 2.23. The van der Waals surface area contributed by atoms with Gasteiger partial charge in [0.2, 0.25) is 0 Å². The van der Waals surface area contributed by atoms with E-state index in [4.69, 9.17) is 0 Å². The first kappa shape index (κ1) is 18.2. The number of para-hydroxylation sites is 1. The summed E-state index contributed by atoms with van der Waals surface area (Å²) in [6.45, 7) is 8.31. The molecule has 2 heterocycles. The van der Waals surface area contributed by atoms with Gasteiger partial charge < -0.3 is 4.98 Å². The van der Waals surface area contributed by atoms with E-state index < -0.39 is 0 Å². The number of benzene rings is 1. The van der Waals surface area contributed by atoms with Crippen molar-refractivity contribution in [2.75, 3.05) is 0 Å². The summed E-state index contributed by atoms with van der Waals surface area (Å²) in [6, 6.07) is 9.92. The monoisotopic (exact) mass is 339 g/mol. The molecule has 0 aliphatic heterocycles. The summed E-state index contributed by atoms with van der Waals surface area (Å²) in [7, 11) is 0. The number of allylic oxidation sites excluding steroid dienone is 1. The van der Waals surface area contributed by atoms with Crippen molar-refractivity contribution >= 4 is 34.1 Å². The Hall–Kier alpha value is -2.13. The van der Waals surface area contributed by atoms with Gasteiger partial charge in [0.1, 0.15) is 0 Å². The topological polar surface area (TPSA) is 32.9 Å². The van der Waals surface area contributed by atoms with Crippen molar-refractivity contribution in [1.82, 2.24) is 4.98 Å². The molecule has 24 heavy (non-hydrogen) atoms. The molecule has 1 aromatic carbocycles. The maximum absolute atomic E-state index is 12.6. The van der Waals surface area contributed by atoms with Crippen LogP contribution < -0.4 is 0 Å². The molecule has 2 nitrogen and oxygen atoms in total. The molecule has 0 amide bonds. The number of aromatic nitrogens is 1. The van der Waals surface area contributed by atoms with Crippen molar-refractivity contribution in [1.29, 1.82) is 0 Å². The highest BCUT2D eigenvalue weighted by atomic mass is 32.1. The number of nitrogens with one attached hydrogen (secondary N) is 1. The third kappa shape index (κ3) is 4.24. The number of aromatic amines is 1. The summed E-state index contributed by atoms with van der Waals surface area (Å²) in [4.78, 5) is 17.0. The van der Waals surface area contributed by atoms with E-state index >= 15 is 0 Å². The van der Waals surface area contributed by atoms with Crippen molar-refractivity contribution in [2.24, 2.45) is 0 Å². The third-order valence-electron chi connectivity index (χ3n) is 3.96. The predicted octanol–water partition coefficient (Wildman–Crippen LogP) is 6.63. The van der Waals surface area contributed by atoms with E-state index in [9.17, 15) is 4.79 Å². The van der Waals surface area contributed by atoms with Gasteiger partial charge in [-0.15, -0.1) is 11.3 Å². The Morgan fingerprint density at radius 3 is 2.50 bits per heavy atom. The minimum absolute atomic E-state index is 0.0769. The Bertz CT molecular complexity index is 836. The highest BCUT2D eigenvalue weighted by Gasteiger charge is 2.13. The smallest absolute Gasteiger partial charge is 0.190 e. The van der Waals surface area contributed by atoms with E-state index in [2.05, 4.69) is 25.8 Å². The molecule has 0 aliphatic rings. The number of aryl methyl sites for hydroxylation is 1. The maximum atomic E-state index is 12.6. The lowest BCUT2D eigenvalue weighted by Crippen LogP contribution is -1.99. The molecule has 0 radical (unpaired) electrons. The van der Waals surface area contributed by atoms with Crippen molar-refractivity contribution < 1.29 is 4.79 Å². The molecular formula is C21H25NOS. The number of carbonyl (C=O) groups excluding carboxylic acids is 1. The molecule has 0 bridgehead atoms. The van der Waals surface area contributed by atoms with E-state index in [-0.39, 0.29) is 5.78 Å². The number of ketones is 1. The van der Waals surface area contributed by atoms with Crippen LogP contribution in [0.2, 0.25) is 0 Å². The first-order valence-electron chi connectivity index (χ1n) is 8.41. The fraction of sp³-hybridized carbons (Fsp3) is 0.286. The Morgan fingerprint density at radius 1 is 1.17 bits per heavy atom. The second-order valence-electron chi connectivity index (χ2n) is 5.84. The summed E-state index contributed by atoms with van der Waals surface area (Å²) in [6.07, 6.45) is 6.40. The zero-order valence-electron chi connectivity index (χ0n) is 14.8. The molecule has 0 unspecified atom stereocenters. The molecule has 126 valence electrons.